The summed E-state index contributed by atoms with van der Waals surface area (Å²) in [6, 6.07) is 6.41. The number of aliphatic hydroxyl groups excluding tert-OH is 1. The first kappa shape index (κ1) is 21.4. The summed E-state index contributed by atoms with van der Waals surface area (Å²) in [6.45, 7) is 4.35. The fourth-order valence-corrected chi connectivity index (χ4v) is 3.59. The molecule has 0 spiro atoms. The van der Waals surface area contributed by atoms with Crippen LogP contribution >= 0.6 is 0 Å². The Bertz CT molecular complexity index is 1020. The third kappa shape index (κ3) is 3.91. The maximum Gasteiger partial charge on any atom is 0.295 e. The molecule has 0 saturated carbocycles. The topological polar surface area (TPSA) is 95.9 Å². The number of amides is 1. The van der Waals surface area contributed by atoms with Crippen molar-refractivity contribution in [3.05, 3.63) is 58.7 Å². The molecule has 2 aromatic rings. The number of aromatic nitrogens is 2. The van der Waals surface area contributed by atoms with E-state index in [-0.39, 0.29) is 11.3 Å². The second kappa shape index (κ2) is 8.62. The summed E-state index contributed by atoms with van der Waals surface area (Å²) in [5.74, 6) is -0.588. The van der Waals surface area contributed by atoms with Gasteiger partial charge in [0.25, 0.3) is 11.7 Å². The number of hydrogen-bond acceptors (Lipinski definition) is 7. The molecule has 158 valence electrons. The van der Waals surface area contributed by atoms with Crippen molar-refractivity contribution < 1.29 is 19.4 Å². The minimum atomic E-state index is -0.776. The van der Waals surface area contributed by atoms with Crippen molar-refractivity contribution in [1.29, 1.82) is 0 Å². The van der Waals surface area contributed by atoms with E-state index in [0.29, 0.717) is 41.5 Å². The highest BCUT2D eigenvalue weighted by Gasteiger charge is 2.47. The number of nitrogens with zero attached hydrogens (tertiary/aromatic N) is 4. The SMILES string of the molecule is COc1ccccc1[C@H]1/C(=C(\O)c2cnc(C)nc2C)C(=O)C(=O)N1CCN(C)C. The van der Waals surface area contributed by atoms with Gasteiger partial charge in [-0.2, -0.15) is 0 Å². The third-order valence-corrected chi connectivity index (χ3v) is 5.12. The lowest BCUT2D eigenvalue weighted by molar-refractivity contribution is -0.140. The predicted octanol–water partition coefficient (Wildman–Crippen LogP) is 2.09. The van der Waals surface area contributed by atoms with Crippen LogP contribution < -0.4 is 4.74 Å². The standard InChI is InChI=1S/C22H26N4O4/c1-13-16(12-23-14(2)24-13)20(27)18-19(15-8-6-7-9-17(15)30-5)26(11-10-25(3)4)22(29)21(18)28/h6-9,12,19,27H,10-11H2,1-5H3/b20-18+/t19-/m0/s1. The molecule has 8 heteroatoms. The summed E-state index contributed by atoms with van der Waals surface area (Å²) in [5.41, 5.74) is 1.49. The molecule has 1 atom stereocenters. The van der Waals surface area contributed by atoms with Gasteiger partial charge in [-0.25, -0.2) is 9.97 Å². The monoisotopic (exact) mass is 410 g/mol. The van der Waals surface area contributed by atoms with Gasteiger partial charge < -0.3 is 19.6 Å². The molecule has 30 heavy (non-hydrogen) atoms. The van der Waals surface area contributed by atoms with E-state index in [0.717, 1.165) is 0 Å². The number of carbonyl (C=O) groups is 2. The molecular formula is C22H26N4O4. The highest BCUT2D eigenvalue weighted by Crippen LogP contribution is 2.42. The molecule has 0 radical (unpaired) electrons. The molecule has 0 bridgehead atoms. The Hall–Kier alpha value is -3.26. The smallest absolute Gasteiger partial charge is 0.295 e. The number of para-hydroxylation sites is 1. The van der Waals surface area contributed by atoms with E-state index in [1.807, 2.05) is 31.1 Å². The van der Waals surface area contributed by atoms with E-state index in [2.05, 4.69) is 9.97 Å². The van der Waals surface area contributed by atoms with Crippen molar-refractivity contribution in [2.24, 2.45) is 0 Å². The Morgan fingerprint density at radius 3 is 2.57 bits per heavy atom. The summed E-state index contributed by atoms with van der Waals surface area (Å²) in [5, 5.41) is 11.1. The number of aliphatic hydroxyl groups is 1. The van der Waals surface area contributed by atoms with Crippen LogP contribution in [-0.4, -0.2) is 70.9 Å². The lowest BCUT2D eigenvalue weighted by atomic mass is 9.94. The number of likely N-dealkylation sites (tertiary alicyclic amines) is 1. The predicted molar refractivity (Wildman–Crippen MR) is 112 cm³/mol. The molecule has 1 fully saturated rings. The van der Waals surface area contributed by atoms with Crippen molar-refractivity contribution in [3.63, 3.8) is 0 Å². The molecule has 0 aliphatic carbocycles. The van der Waals surface area contributed by atoms with E-state index < -0.39 is 17.7 Å². The molecule has 0 unspecified atom stereocenters. The zero-order valence-electron chi connectivity index (χ0n) is 17.8. The van der Waals surface area contributed by atoms with Crippen molar-refractivity contribution in [3.8, 4) is 5.75 Å². The molecule has 1 aromatic heterocycles. The van der Waals surface area contributed by atoms with Crippen LogP contribution in [-0.2, 0) is 9.59 Å². The van der Waals surface area contributed by atoms with Crippen molar-refractivity contribution in [2.45, 2.75) is 19.9 Å². The number of rotatable bonds is 6. The van der Waals surface area contributed by atoms with Crippen molar-refractivity contribution >= 4 is 17.4 Å². The maximum absolute atomic E-state index is 13.0. The van der Waals surface area contributed by atoms with Gasteiger partial charge in [-0.3, -0.25) is 9.59 Å². The van der Waals surface area contributed by atoms with Crippen molar-refractivity contribution in [1.82, 2.24) is 19.8 Å². The van der Waals surface area contributed by atoms with Gasteiger partial charge in [0.05, 0.1) is 30.0 Å². The lowest BCUT2D eigenvalue weighted by Crippen LogP contribution is -2.35. The highest BCUT2D eigenvalue weighted by molar-refractivity contribution is 6.46. The molecule has 1 amide bonds. The van der Waals surface area contributed by atoms with Crippen LogP contribution in [0, 0.1) is 13.8 Å². The number of Topliss-reactive ketones (excluding diaryl/α,β-unsaturated/α-hetero) is 1. The number of ketones is 1. The Morgan fingerprint density at radius 1 is 1.23 bits per heavy atom. The number of likely N-dealkylation sites (N-methyl/N-ethyl adjacent to an activating group) is 1. The Labute approximate surface area is 175 Å². The fourth-order valence-electron chi connectivity index (χ4n) is 3.59. The lowest BCUT2D eigenvalue weighted by Gasteiger charge is -2.27. The molecule has 1 aliphatic heterocycles. The number of aryl methyl sites for hydroxylation is 2. The minimum absolute atomic E-state index is 0.0128. The quantitative estimate of drug-likeness (QED) is 0.442. The average Bonchev–Trinajstić information content (AvgIpc) is 2.96. The van der Waals surface area contributed by atoms with Gasteiger partial charge in [0.1, 0.15) is 17.3 Å². The van der Waals surface area contributed by atoms with Crippen LogP contribution in [0.15, 0.2) is 36.0 Å². The van der Waals surface area contributed by atoms with E-state index in [4.69, 9.17) is 4.74 Å². The van der Waals surface area contributed by atoms with Crippen molar-refractivity contribution in [2.75, 3.05) is 34.3 Å². The summed E-state index contributed by atoms with van der Waals surface area (Å²) in [4.78, 5) is 37.8. The fraction of sp³-hybridized carbons (Fsp3) is 0.364. The van der Waals surface area contributed by atoms with Gasteiger partial charge in [-0.15, -0.1) is 0 Å². The zero-order chi connectivity index (χ0) is 22.0. The molecule has 2 heterocycles. The van der Waals surface area contributed by atoms with Gasteiger partial charge in [0.2, 0.25) is 0 Å². The molecular weight excluding hydrogens is 384 g/mol. The highest BCUT2D eigenvalue weighted by atomic mass is 16.5. The summed E-state index contributed by atoms with van der Waals surface area (Å²) in [6.07, 6.45) is 1.47. The Morgan fingerprint density at radius 2 is 1.93 bits per heavy atom. The first-order valence-corrected chi connectivity index (χ1v) is 9.63. The van der Waals surface area contributed by atoms with Gasteiger partial charge in [0.15, 0.2) is 0 Å². The van der Waals surface area contributed by atoms with Crippen LogP contribution in [0.1, 0.15) is 28.7 Å². The molecule has 3 rings (SSSR count). The van der Waals surface area contributed by atoms with E-state index in [1.54, 1.807) is 26.0 Å². The Balaban J connectivity index is 2.22. The first-order valence-electron chi connectivity index (χ1n) is 9.63. The number of ether oxygens (including phenoxy) is 1. The molecule has 8 nitrogen and oxygen atoms in total. The third-order valence-electron chi connectivity index (χ3n) is 5.12. The largest absolute Gasteiger partial charge is 0.507 e. The van der Waals surface area contributed by atoms with E-state index in [1.165, 1.54) is 18.2 Å². The van der Waals surface area contributed by atoms with Gasteiger partial charge in [-0.1, -0.05) is 18.2 Å². The first-order chi connectivity index (χ1) is 14.3. The summed E-state index contributed by atoms with van der Waals surface area (Å²) < 4.78 is 5.49. The Kier molecular flexibility index (Phi) is 6.17. The molecule has 1 aliphatic rings. The summed E-state index contributed by atoms with van der Waals surface area (Å²) in [7, 11) is 5.31. The van der Waals surface area contributed by atoms with Crippen LogP contribution in [0.4, 0.5) is 0 Å². The second-order valence-corrected chi connectivity index (χ2v) is 7.45. The van der Waals surface area contributed by atoms with Gasteiger partial charge >= 0.3 is 0 Å². The van der Waals surface area contributed by atoms with Gasteiger partial charge in [0, 0.05) is 24.8 Å². The molecule has 1 aromatic carbocycles. The average molecular weight is 410 g/mol. The second-order valence-electron chi connectivity index (χ2n) is 7.45. The van der Waals surface area contributed by atoms with Crippen LogP contribution in [0.3, 0.4) is 0 Å². The number of methoxy groups -OCH3 is 1. The van der Waals surface area contributed by atoms with Gasteiger partial charge in [-0.05, 0) is 34.0 Å². The molecule has 1 N–H and O–H groups in total. The maximum atomic E-state index is 13.0. The minimum Gasteiger partial charge on any atom is -0.507 e. The number of benzene rings is 1. The summed E-state index contributed by atoms with van der Waals surface area (Å²) >= 11 is 0. The van der Waals surface area contributed by atoms with Crippen LogP contribution in [0.25, 0.3) is 5.76 Å². The number of carbonyl (C=O) groups excluding carboxylic acids is 2. The zero-order valence-corrected chi connectivity index (χ0v) is 17.8. The number of hydrogen-bond donors (Lipinski definition) is 1. The van der Waals surface area contributed by atoms with Crippen LogP contribution in [0.5, 0.6) is 5.75 Å². The normalized spacial score (nSPS) is 18.3. The van der Waals surface area contributed by atoms with E-state index in [9.17, 15) is 14.7 Å². The molecule has 1 saturated heterocycles. The van der Waals surface area contributed by atoms with E-state index >= 15 is 0 Å². The van der Waals surface area contributed by atoms with Crippen LogP contribution in [0.2, 0.25) is 0 Å².